The van der Waals surface area contributed by atoms with Crippen LogP contribution < -0.4 is 11.5 Å². The molecule has 0 aliphatic heterocycles. The van der Waals surface area contributed by atoms with Crippen LogP contribution in [0.25, 0.3) is 0 Å². The van der Waals surface area contributed by atoms with Gasteiger partial charge < -0.3 is 21.3 Å². The number of nitrogens with two attached hydrogens (primary N) is 2. The van der Waals surface area contributed by atoms with Gasteiger partial charge in [0.05, 0.1) is 19.6 Å². The maximum absolute atomic E-state index is 12.5. The number of carbonyl (C=O) groups excluding carboxylic acids is 2. The van der Waals surface area contributed by atoms with E-state index < -0.39 is 35.7 Å². The number of ketones is 1. The minimum atomic E-state index is -1.93. The Morgan fingerprint density at radius 2 is 1.83 bits per heavy atom. The van der Waals surface area contributed by atoms with Crippen molar-refractivity contribution in [3.63, 3.8) is 0 Å². The highest BCUT2D eigenvalue weighted by molar-refractivity contribution is 8.00. The normalized spacial score (nSPS) is 27.8. The van der Waals surface area contributed by atoms with E-state index in [1.165, 1.54) is 18.2 Å². The first-order valence-corrected chi connectivity index (χ1v) is 9.19. The Balaban J connectivity index is 2.89. The predicted octanol–water partition coefficient (Wildman–Crippen LogP) is 0.786. The number of esters is 1. The maximum Gasteiger partial charge on any atom is 0.334 e. The van der Waals surface area contributed by atoms with Crippen LogP contribution in [0.15, 0.2) is 0 Å². The zero-order valence-corrected chi connectivity index (χ0v) is 15.3. The van der Waals surface area contributed by atoms with Crippen LogP contribution in [-0.2, 0) is 19.1 Å². The van der Waals surface area contributed by atoms with Crippen LogP contribution in [0, 0.1) is 11.8 Å². The molecular weight excluding hydrogens is 332 g/mol. The van der Waals surface area contributed by atoms with Crippen LogP contribution in [-0.4, -0.2) is 52.5 Å². The van der Waals surface area contributed by atoms with Crippen LogP contribution in [0.1, 0.15) is 39.5 Å². The number of methoxy groups -OCH3 is 1. The third-order valence-electron chi connectivity index (χ3n) is 4.66. The molecule has 7 nitrogen and oxygen atoms in total. The lowest BCUT2D eigenvalue weighted by Crippen LogP contribution is -2.63. The van der Waals surface area contributed by atoms with Gasteiger partial charge in [-0.2, -0.15) is 11.8 Å². The van der Waals surface area contributed by atoms with Gasteiger partial charge in [0.15, 0.2) is 11.3 Å². The average molecular weight is 360 g/mol. The molecule has 0 saturated heterocycles. The second-order valence-corrected chi connectivity index (χ2v) is 7.86. The summed E-state index contributed by atoms with van der Waals surface area (Å²) in [6.45, 7) is 4.31. The molecule has 0 aromatic rings. The monoisotopic (exact) mass is 360 g/mol. The minimum Gasteiger partial charge on any atom is -0.481 e. The topological polar surface area (TPSA) is 133 Å². The molecule has 1 aliphatic rings. The van der Waals surface area contributed by atoms with Gasteiger partial charge in [-0.3, -0.25) is 9.59 Å². The van der Waals surface area contributed by atoms with Crippen molar-refractivity contribution in [2.75, 3.05) is 12.9 Å². The summed E-state index contributed by atoms with van der Waals surface area (Å²) < 4.78 is 4.68. The highest BCUT2D eigenvalue weighted by Gasteiger charge is 2.46. The summed E-state index contributed by atoms with van der Waals surface area (Å²) in [5, 5.41) is 9.09. The van der Waals surface area contributed by atoms with Gasteiger partial charge in [-0.15, -0.1) is 0 Å². The number of hydrogen-bond acceptors (Lipinski definition) is 7. The van der Waals surface area contributed by atoms with E-state index in [0.29, 0.717) is 11.8 Å². The third-order valence-corrected chi connectivity index (χ3v) is 6.60. The van der Waals surface area contributed by atoms with Crippen molar-refractivity contribution in [3.8, 4) is 0 Å². The summed E-state index contributed by atoms with van der Waals surface area (Å²) in [6.07, 6.45) is 2.80. The Morgan fingerprint density at radius 1 is 1.29 bits per heavy atom. The molecule has 0 aromatic carbocycles. The highest BCUT2D eigenvalue weighted by atomic mass is 32.2. The molecule has 1 fully saturated rings. The summed E-state index contributed by atoms with van der Waals surface area (Å²) in [7, 11) is 1.15. The Bertz CT molecular complexity index is 477. The molecule has 1 saturated carbocycles. The van der Waals surface area contributed by atoms with E-state index in [0.717, 1.165) is 20.0 Å². The summed E-state index contributed by atoms with van der Waals surface area (Å²) in [5.41, 5.74) is 9.77. The van der Waals surface area contributed by atoms with Gasteiger partial charge in [-0.1, -0.05) is 20.3 Å². The van der Waals surface area contributed by atoms with E-state index in [2.05, 4.69) is 18.6 Å². The first kappa shape index (κ1) is 20.9. The van der Waals surface area contributed by atoms with Gasteiger partial charge in [0.2, 0.25) is 0 Å². The molecule has 2 unspecified atom stereocenters. The Kier molecular flexibility index (Phi) is 7.69. The minimum absolute atomic E-state index is 0.0329. The Hall–Kier alpha value is -1.12. The van der Waals surface area contributed by atoms with Crippen molar-refractivity contribution in [2.24, 2.45) is 23.3 Å². The van der Waals surface area contributed by atoms with Gasteiger partial charge in [0.1, 0.15) is 0 Å². The quantitative estimate of drug-likeness (QED) is 0.427. The van der Waals surface area contributed by atoms with E-state index >= 15 is 0 Å². The molecule has 0 heterocycles. The van der Waals surface area contributed by atoms with Crippen LogP contribution in [0.5, 0.6) is 0 Å². The van der Waals surface area contributed by atoms with E-state index in [1.54, 1.807) is 0 Å². The number of aliphatic carboxylic acids is 1. The molecule has 4 atom stereocenters. The van der Waals surface area contributed by atoms with Crippen LogP contribution >= 0.6 is 11.8 Å². The van der Waals surface area contributed by atoms with Crippen molar-refractivity contribution >= 4 is 29.5 Å². The highest BCUT2D eigenvalue weighted by Crippen LogP contribution is 2.38. The number of carboxylic acids is 1. The lowest BCUT2D eigenvalue weighted by Gasteiger charge is -2.36. The number of carboxylic acid groups (broad SMARTS) is 1. The van der Waals surface area contributed by atoms with Gasteiger partial charge in [0.25, 0.3) is 0 Å². The SMILES string of the molecule is COC(=O)[C@@](N)(CSC1C(C)CCCC1C)C(=O)[C@@H](N)CC(=O)O. The van der Waals surface area contributed by atoms with Crippen LogP contribution in [0.3, 0.4) is 0 Å². The molecule has 0 radical (unpaired) electrons. The lowest BCUT2D eigenvalue weighted by atomic mass is 9.83. The second kappa shape index (κ2) is 8.82. The summed E-state index contributed by atoms with van der Waals surface area (Å²) in [5.74, 6) is -1.93. The van der Waals surface area contributed by atoms with Crippen LogP contribution in [0.4, 0.5) is 0 Å². The van der Waals surface area contributed by atoms with Crippen molar-refractivity contribution in [1.29, 1.82) is 0 Å². The number of hydrogen-bond donors (Lipinski definition) is 3. The number of ether oxygens (including phenoxy) is 1. The molecule has 8 heteroatoms. The van der Waals surface area contributed by atoms with Crippen molar-refractivity contribution < 1.29 is 24.2 Å². The first-order valence-electron chi connectivity index (χ1n) is 8.14. The first-order chi connectivity index (χ1) is 11.1. The third kappa shape index (κ3) is 4.94. The maximum atomic E-state index is 12.5. The van der Waals surface area contributed by atoms with Crippen molar-refractivity contribution in [3.05, 3.63) is 0 Å². The van der Waals surface area contributed by atoms with E-state index in [-0.39, 0.29) is 11.0 Å². The number of Topliss-reactive ketones (excluding diaryl/α,β-unsaturated/α-hetero) is 1. The zero-order chi connectivity index (χ0) is 18.5. The fraction of sp³-hybridized carbons (Fsp3) is 0.812. The Labute approximate surface area is 146 Å². The van der Waals surface area contributed by atoms with Gasteiger partial charge in [0, 0.05) is 11.0 Å². The zero-order valence-electron chi connectivity index (χ0n) is 14.5. The lowest BCUT2D eigenvalue weighted by molar-refractivity contribution is -0.151. The summed E-state index contributed by atoms with van der Waals surface area (Å²) >= 11 is 1.48. The molecular formula is C16H28N2O5S. The molecule has 5 N–H and O–H groups in total. The smallest absolute Gasteiger partial charge is 0.334 e. The van der Waals surface area contributed by atoms with Gasteiger partial charge in [-0.05, 0) is 24.7 Å². The summed E-state index contributed by atoms with van der Waals surface area (Å²) in [4.78, 5) is 35.4. The largest absolute Gasteiger partial charge is 0.481 e. The van der Waals surface area contributed by atoms with Crippen molar-refractivity contribution in [1.82, 2.24) is 0 Å². The predicted molar refractivity (Wildman–Crippen MR) is 92.6 cm³/mol. The molecule has 24 heavy (non-hydrogen) atoms. The van der Waals surface area contributed by atoms with Crippen molar-refractivity contribution in [2.45, 2.75) is 56.4 Å². The van der Waals surface area contributed by atoms with E-state index in [4.69, 9.17) is 16.6 Å². The second-order valence-electron chi connectivity index (χ2n) is 6.69. The number of rotatable bonds is 8. The fourth-order valence-corrected chi connectivity index (χ4v) is 4.88. The molecule has 0 aromatic heterocycles. The molecule has 1 rings (SSSR count). The van der Waals surface area contributed by atoms with E-state index in [9.17, 15) is 14.4 Å². The number of carbonyl (C=O) groups is 3. The van der Waals surface area contributed by atoms with E-state index in [1.807, 2.05) is 0 Å². The van der Waals surface area contributed by atoms with Gasteiger partial charge >= 0.3 is 11.9 Å². The van der Waals surface area contributed by atoms with Crippen LogP contribution in [0.2, 0.25) is 0 Å². The van der Waals surface area contributed by atoms with Gasteiger partial charge in [-0.25, -0.2) is 4.79 Å². The molecule has 138 valence electrons. The average Bonchev–Trinajstić information content (AvgIpc) is 2.51. The molecule has 1 aliphatic carbocycles. The molecule has 0 amide bonds. The Morgan fingerprint density at radius 3 is 2.29 bits per heavy atom. The molecule has 0 bridgehead atoms. The fourth-order valence-electron chi connectivity index (χ4n) is 3.23. The summed E-state index contributed by atoms with van der Waals surface area (Å²) in [6, 6.07) is -1.34. The molecule has 0 spiro atoms. The standard InChI is InChI=1S/C16H28N2O5S/c1-9-5-4-6-10(2)13(9)24-8-16(18,15(22)23-3)14(21)11(17)7-12(19)20/h9-11,13H,4-8,17-18H2,1-3H3,(H,19,20)/t9?,10?,11-,13?,16+/m0/s1. The number of thioether (sulfide) groups is 1.